The molecule has 3 nitrogen and oxygen atoms in total. The van der Waals surface area contributed by atoms with E-state index in [0.29, 0.717) is 17.7 Å². The fourth-order valence-corrected chi connectivity index (χ4v) is 2.77. The van der Waals surface area contributed by atoms with E-state index in [1.807, 2.05) is 4.90 Å². The molecule has 2 atom stereocenters. The van der Waals surface area contributed by atoms with E-state index in [2.05, 4.69) is 6.92 Å². The van der Waals surface area contributed by atoms with Crippen LogP contribution in [-0.4, -0.2) is 35.6 Å². The van der Waals surface area contributed by atoms with Gasteiger partial charge in [0.05, 0.1) is 0 Å². The summed E-state index contributed by atoms with van der Waals surface area (Å²) in [5.41, 5.74) is 0. The standard InChI is InChI=1S/C13H23NO2/c1-10(12-4-5-12)13(16)14-7-2-3-11(9-14)6-8-15/h10-12,15H,2-9H2,1H3. The van der Waals surface area contributed by atoms with Crippen LogP contribution in [0, 0.1) is 17.8 Å². The van der Waals surface area contributed by atoms with Gasteiger partial charge in [0.15, 0.2) is 0 Å². The lowest BCUT2D eigenvalue weighted by molar-refractivity contribution is -0.137. The number of piperidine rings is 1. The molecule has 2 aliphatic rings. The van der Waals surface area contributed by atoms with Gasteiger partial charge in [0.1, 0.15) is 0 Å². The van der Waals surface area contributed by atoms with Gasteiger partial charge >= 0.3 is 0 Å². The van der Waals surface area contributed by atoms with Crippen molar-refractivity contribution >= 4 is 5.91 Å². The molecule has 2 rings (SSSR count). The first-order valence-corrected chi connectivity index (χ1v) is 6.62. The number of carbonyl (C=O) groups is 1. The molecule has 16 heavy (non-hydrogen) atoms. The monoisotopic (exact) mass is 225 g/mol. The predicted molar refractivity (Wildman–Crippen MR) is 62.9 cm³/mol. The molecule has 1 aliphatic heterocycles. The molecule has 0 aromatic rings. The number of rotatable bonds is 4. The molecule has 0 spiro atoms. The van der Waals surface area contributed by atoms with Crippen molar-refractivity contribution in [2.24, 2.45) is 17.8 Å². The number of aliphatic hydroxyl groups is 1. The minimum absolute atomic E-state index is 0.230. The summed E-state index contributed by atoms with van der Waals surface area (Å²) in [7, 11) is 0. The molecule has 0 aromatic carbocycles. The van der Waals surface area contributed by atoms with Crippen LogP contribution in [-0.2, 0) is 4.79 Å². The van der Waals surface area contributed by atoms with Crippen molar-refractivity contribution in [3.05, 3.63) is 0 Å². The number of hydrogen-bond donors (Lipinski definition) is 1. The van der Waals surface area contributed by atoms with Gasteiger partial charge < -0.3 is 10.0 Å². The molecule has 1 aliphatic carbocycles. The highest BCUT2D eigenvalue weighted by atomic mass is 16.3. The van der Waals surface area contributed by atoms with Crippen molar-refractivity contribution in [1.29, 1.82) is 0 Å². The summed E-state index contributed by atoms with van der Waals surface area (Å²) < 4.78 is 0. The highest BCUT2D eigenvalue weighted by Crippen LogP contribution is 2.38. The molecule has 0 aromatic heterocycles. The molecule has 0 bridgehead atoms. The van der Waals surface area contributed by atoms with Gasteiger partial charge in [0.25, 0.3) is 0 Å². The highest BCUT2D eigenvalue weighted by Gasteiger charge is 2.36. The Morgan fingerprint density at radius 1 is 1.44 bits per heavy atom. The van der Waals surface area contributed by atoms with E-state index in [9.17, 15) is 4.79 Å². The van der Waals surface area contributed by atoms with Crippen LogP contribution in [0.2, 0.25) is 0 Å². The van der Waals surface area contributed by atoms with E-state index in [4.69, 9.17) is 5.11 Å². The number of likely N-dealkylation sites (tertiary alicyclic amines) is 1. The molecule has 1 saturated heterocycles. The van der Waals surface area contributed by atoms with Crippen LogP contribution in [0.15, 0.2) is 0 Å². The van der Waals surface area contributed by atoms with Crippen LogP contribution in [0.1, 0.15) is 39.0 Å². The quantitative estimate of drug-likeness (QED) is 0.790. The van der Waals surface area contributed by atoms with E-state index in [0.717, 1.165) is 25.9 Å². The van der Waals surface area contributed by atoms with Crippen LogP contribution in [0.3, 0.4) is 0 Å². The molecular formula is C13H23NO2. The molecule has 2 fully saturated rings. The molecule has 1 amide bonds. The number of aliphatic hydroxyl groups excluding tert-OH is 1. The Balaban J connectivity index is 1.85. The predicted octanol–water partition coefficient (Wildman–Crippen LogP) is 1.65. The Bertz CT molecular complexity index is 248. The van der Waals surface area contributed by atoms with Crippen molar-refractivity contribution in [3.8, 4) is 0 Å². The molecule has 2 unspecified atom stereocenters. The molecule has 1 heterocycles. The summed E-state index contributed by atoms with van der Waals surface area (Å²) in [5.74, 6) is 1.76. The zero-order valence-corrected chi connectivity index (χ0v) is 10.2. The van der Waals surface area contributed by atoms with Gasteiger partial charge in [-0.15, -0.1) is 0 Å². The maximum atomic E-state index is 12.2. The zero-order valence-electron chi connectivity index (χ0n) is 10.2. The second-order valence-electron chi connectivity index (χ2n) is 5.43. The maximum absolute atomic E-state index is 12.2. The summed E-state index contributed by atoms with van der Waals surface area (Å²) in [6, 6.07) is 0. The third-order valence-electron chi connectivity index (χ3n) is 4.09. The first kappa shape index (κ1) is 11.9. The summed E-state index contributed by atoms with van der Waals surface area (Å²) in [6.07, 6.45) is 5.60. The first-order chi connectivity index (χ1) is 7.72. The van der Waals surface area contributed by atoms with Gasteiger partial charge in [-0.05, 0) is 43.9 Å². The largest absolute Gasteiger partial charge is 0.396 e. The second-order valence-corrected chi connectivity index (χ2v) is 5.43. The van der Waals surface area contributed by atoms with Gasteiger partial charge in [0.2, 0.25) is 5.91 Å². The molecule has 1 saturated carbocycles. The van der Waals surface area contributed by atoms with E-state index >= 15 is 0 Å². The smallest absolute Gasteiger partial charge is 0.225 e. The van der Waals surface area contributed by atoms with E-state index in [1.54, 1.807) is 0 Å². The van der Waals surface area contributed by atoms with Gasteiger partial charge in [-0.1, -0.05) is 6.92 Å². The normalized spacial score (nSPS) is 27.9. The van der Waals surface area contributed by atoms with Gasteiger partial charge in [-0.25, -0.2) is 0 Å². The third kappa shape index (κ3) is 2.76. The Kier molecular flexibility index (Phi) is 3.85. The Morgan fingerprint density at radius 3 is 2.81 bits per heavy atom. The number of amides is 1. The number of carbonyl (C=O) groups excluding carboxylic acids is 1. The maximum Gasteiger partial charge on any atom is 0.225 e. The zero-order chi connectivity index (χ0) is 11.5. The van der Waals surface area contributed by atoms with Gasteiger partial charge in [-0.2, -0.15) is 0 Å². The fourth-order valence-electron chi connectivity index (χ4n) is 2.77. The van der Waals surface area contributed by atoms with Crippen LogP contribution >= 0.6 is 0 Å². The lowest BCUT2D eigenvalue weighted by Gasteiger charge is -2.34. The van der Waals surface area contributed by atoms with Crippen LogP contribution in [0.4, 0.5) is 0 Å². The Morgan fingerprint density at radius 2 is 2.19 bits per heavy atom. The van der Waals surface area contributed by atoms with Crippen LogP contribution in [0.5, 0.6) is 0 Å². The third-order valence-corrected chi connectivity index (χ3v) is 4.09. The van der Waals surface area contributed by atoms with E-state index in [1.165, 1.54) is 19.3 Å². The highest BCUT2D eigenvalue weighted by molar-refractivity contribution is 5.79. The summed E-state index contributed by atoms with van der Waals surface area (Å²) >= 11 is 0. The number of nitrogens with zero attached hydrogens (tertiary/aromatic N) is 1. The first-order valence-electron chi connectivity index (χ1n) is 6.62. The fraction of sp³-hybridized carbons (Fsp3) is 0.923. The van der Waals surface area contributed by atoms with Crippen LogP contribution in [0.25, 0.3) is 0 Å². The van der Waals surface area contributed by atoms with Crippen molar-refractivity contribution in [1.82, 2.24) is 4.90 Å². The van der Waals surface area contributed by atoms with Crippen molar-refractivity contribution in [2.75, 3.05) is 19.7 Å². The molecule has 3 heteroatoms. The minimum Gasteiger partial charge on any atom is -0.396 e. The lowest BCUT2D eigenvalue weighted by Crippen LogP contribution is -2.43. The topological polar surface area (TPSA) is 40.5 Å². The summed E-state index contributed by atoms with van der Waals surface area (Å²) in [4.78, 5) is 14.2. The Labute approximate surface area is 97.8 Å². The van der Waals surface area contributed by atoms with Gasteiger partial charge in [0, 0.05) is 25.6 Å². The summed E-state index contributed by atoms with van der Waals surface area (Å²) in [5, 5.41) is 8.95. The minimum atomic E-state index is 0.230. The SMILES string of the molecule is CC(C(=O)N1CCCC(CCO)C1)C1CC1. The molecule has 92 valence electrons. The molecule has 1 N–H and O–H groups in total. The van der Waals surface area contributed by atoms with Crippen molar-refractivity contribution < 1.29 is 9.90 Å². The summed E-state index contributed by atoms with van der Waals surface area (Å²) in [6.45, 7) is 4.13. The second kappa shape index (κ2) is 5.17. The molecule has 0 radical (unpaired) electrons. The number of hydrogen-bond acceptors (Lipinski definition) is 2. The van der Waals surface area contributed by atoms with Crippen molar-refractivity contribution in [2.45, 2.75) is 39.0 Å². The van der Waals surface area contributed by atoms with Crippen molar-refractivity contribution in [3.63, 3.8) is 0 Å². The van der Waals surface area contributed by atoms with Crippen LogP contribution < -0.4 is 0 Å². The van der Waals surface area contributed by atoms with Gasteiger partial charge in [-0.3, -0.25) is 4.79 Å². The average Bonchev–Trinajstić information content (AvgIpc) is 3.12. The lowest BCUT2D eigenvalue weighted by atomic mass is 9.93. The van der Waals surface area contributed by atoms with E-state index < -0.39 is 0 Å². The average molecular weight is 225 g/mol. The molecular weight excluding hydrogens is 202 g/mol. The Hall–Kier alpha value is -0.570. The van der Waals surface area contributed by atoms with E-state index in [-0.39, 0.29) is 12.5 Å².